The van der Waals surface area contributed by atoms with Crippen LogP contribution in [0, 0.1) is 17.0 Å². The third-order valence-corrected chi connectivity index (χ3v) is 2.35. The summed E-state index contributed by atoms with van der Waals surface area (Å²) in [7, 11) is 0. The standard InChI is InChI=1S/C11H17N3O2/c1-9-8-10(13-7-3-2-6-12)4-5-11(9)14(15)16/h4-5,8,13H,2-3,6-7,12H2,1H3. The van der Waals surface area contributed by atoms with Crippen LogP contribution >= 0.6 is 0 Å². The number of anilines is 1. The highest BCUT2D eigenvalue weighted by Crippen LogP contribution is 2.21. The molecule has 0 spiro atoms. The summed E-state index contributed by atoms with van der Waals surface area (Å²) in [5.41, 5.74) is 7.13. The second-order valence-corrected chi connectivity index (χ2v) is 3.68. The van der Waals surface area contributed by atoms with Crippen molar-refractivity contribution in [2.75, 3.05) is 18.4 Å². The number of nitrogens with one attached hydrogen (secondary N) is 1. The van der Waals surface area contributed by atoms with Crippen molar-refractivity contribution in [1.82, 2.24) is 0 Å². The molecule has 1 aromatic rings. The van der Waals surface area contributed by atoms with Crippen molar-refractivity contribution < 1.29 is 4.92 Å². The Morgan fingerprint density at radius 3 is 2.75 bits per heavy atom. The molecule has 3 N–H and O–H groups in total. The van der Waals surface area contributed by atoms with Crippen LogP contribution < -0.4 is 11.1 Å². The summed E-state index contributed by atoms with van der Waals surface area (Å²) in [6.45, 7) is 3.28. The quantitative estimate of drug-likeness (QED) is 0.439. The van der Waals surface area contributed by atoms with Gasteiger partial charge in [-0.2, -0.15) is 0 Å². The van der Waals surface area contributed by atoms with Gasteiger partial charge in [-0.15, -0.1) is 0 Å². The zero-order chi connectivity index (χ0) is 12.0. The van der Waals surface area contributed by atoms with E-state index < -0.39 is 0 Å². The molecule has 0 saturated heterocycles. The van der Waals surface area contributed by atoms with Gasteiger partial charge in [0, 0.05) is 23.9 Å². The average molecular weight is 223 g/mol. The van der Waals surface area contributed by atoms with Gasteiger partial charge >= 0.3 is 0 Å². The molecule has 0 radical (unpaired) electrons. The third-order valence-electron chi connectivity index (χ3n) is 2.35. The van der Waals surface area contributed by atoms with Crippen molar-refractivity contribution in [3.8, 4) is 0 Å². The molecule has 0 aliphatic carbocycles. The molecule has 16 heavy (non-hydrogen) atoms. The number of nitrogens with two attached hydrogens (primary N) is 1. The highest BCUT2D eigenvalue weighted by atomic mass is 16.6. The molecule has 0 bridgehead atoms. The molecule has 0 atom stereocenters. The predicted molar refractivity (Wildman–Crippen MR) is 64.6 cm³/mol. The van der Waals surface area contributed by atoms with Crippen LogP contribution in [0.3, 0.4) is 0 Å². The van der Waals surface area contributed by atoms with E-state index in [2.05, 4.69) is 5.32 Å². The number of aryl methyl sites for hydroxylation is 1. The molecule has 88 valence electrons. The molecule has 0 aromatic heterocycles. The first-order valence-electron chi connectivity index (χ1n) is 5.34. The first kappa shape index (κ1) is 12.4. The van der Waals surface area contributed by atoms with Crippen LogP contribution in [-0.2, 0) is 0 Å². The molecule has 0 unspecified atom stereocenters. The second-order valence-electron chi connectivity index (χ2n) is 3.68. The first-order chi connectivity index (χ1) is 7.65. The highest BCUT2D eigenvalue weighted by molar-refractivity contribution is 5.53. The molecule has 1 aromatic carbocycles. The molecule has 5 nitrogen and oxygen atoms in total. The molecular formula is C11H17N3O2. The van der Waals surface area contributed by atoms with E-state index in [1.54, 1.807) is 19.1 Å². The molecular weight excluding hydrogens is 206 g/mol. The lowest BCUT2D eigenvalue weighted by molar-refractivity contribution is -0.385. The lowest BCUT2D eigenvalue weighted by Crippen LogP contribution is -2.05. The number of hydrogen-bond donors (Lipinski definition) is 2. The Bertz CT molecular complexity index is 366. The van der Waals surface area contributed by atoms with Crippen LogP contribution in [-0.4, -0.2) is 18.0 Å². The minimum atomic E-state index is -0.368. The number of nitro benzene ring substituents is 1. The predicted octanol–water partition coefficient (Wildman–Crippen LogP) is 2.05. The average Bonchev–Trinajstić information content (AvgIpc) is 2.24. The van der Waals surface area contributed by atoms with Crippen LogP contribution in [0.1, 0.15) is 18.4 Å². The Kier molecular flexibility index (Phi) is 4.72. The van der Waals surface area contributed by atoms with Gasteiger partial charge in [-0.25, -0.2) is 0 Å². The molecule has 0 aliphatic rings. The summed E-state index contributed by atoms with van der Waals surface area (Å²) in [6.07, 6.45) is 1.99. The van der Waals surface area contributed by atoms with E-state index in [9.17, 15) is 10.1 Å². The summed E-state index contributed by atoms with van der Waals surface area (Å²) in [5.74, 6) is 0. The van der Waals surface area contributed by atoms with Crippen molar-refractivity contribution in [2.24, 2.45) is 5.73 Å². The maximum atomic E-state index is 10.6. The smallest absolute Gasteiger partial charge is 0.272 e. The van der Waals surface area contributed by atoms with Crippen LogP contribution in [0.2, 0.25) is 0 Å². The van der Waals surface area contributed by atoms with Gasteiger partial charge in [0.15, 0.2) is 0 Å². The Morgan fingerprint density at radius 2 is 2.19 bits per heavy atom. The lowest BCUT2D eigenvalue weighted by Gasteiger charge is -2.06. The summed E-state index contributed by atoms with van der Waals surface area (Å²) >= 11 is 0. The van der Waals surface area contributed by atoms with Gasteiger partial charge < -0.3 is 11.1 Å². The van der Waals surface area contributed by atoms with Crippen molar-refractivity contribution in [2.45, 2.75) is 19.8 Å². The minimum Gasteiger partial charge on any atom is -0.385 e. The van der Waals surface area contributed by atoms with Gasteiger partial charge in [-0.1, -0.05) is 0 Å². The SMILES string of the molecule is Cc1cc(NCCCCN)ccc1[N+](=O)[O-]. The van der Waals surface area contributed by atoms with E-state index in [1.165, 1.54) is 6.07 Å². The maximum absolute atomic E-state index is 10.6. The van der Waals surface area contributed by atoms with Crippen LogP contribution in [0.15, 0.2) is 18.2 Å². The molecule has 5 heteroatoms. The van der Waals surface area contributed by atoms with Crippen LogP contribution in [0.25, 0.3) is 0 Å². The van der Waals surface area contributed by atoms with Crippen molar-refractivity contribution in [1.29, 1.82) is 0 Å². The number of benzene rings is 1. The Labute approximate surface area is 94.8 Å². The summed E-state index contributed by atoms with van der Waals surface area (Å²) in [6, 6.07) is 5.05. The highest BCUT2D eigenvalue weighted by Gasteiger charge is 2.09. The van der Waals surface area contributed by atoms with Gasteiger partial charge in [0.05, 0.1) is 4.92 Å². The number of rotatable bonds is 6. The monoisotopic (exact) mass is 223 g/mol. The van der Waals surface area contributed by atoms with Gasteiger partial charge in [0.25, 0.3) is 5.69 Å². The van der Waals surface area contributed by atoms with Crippen LogP contribution in [0.4, 0.5) is 11.4 Å². The van der Waals surface area contributed by atoms with Crippen molar-refractivity contribution >= 4 is 11.4 Å². The fourth-order valence-corrected chi connectivity index (χ4v) is 1.47. The molecule has 0 amide bonds. The zero-order valence-corrected chi connectivity index (χ0v) is 9.40. The molecule has 1 rings (SSSR count). The topological polar surface area (TPSA) is 81.2 Å². The number of unbranched alkanes of at least 4 members (excludes halogenated alkanes) is 1. The number of nitrogens with zero attached hydrogens (tertiary/aromatic N) is 1. The maximum Gasteiger partial charge on any atom is 0.272 e. The van der Waals surface area contributed by atoms with E-state index in [4.69, 9.17) is 5.73 Å². The fourth-order valence-electron chi connectivity index (χ4n) is 1.47. The fraction of sp³-hybridized carbons (Fsp3) is 0.455. The van der Waals surface area contributed by atoms with Crippen molar-refractivity contribution in [3.63, 3.8) is 0 Å². The Balaban J connectivity index is 2.56. The van der Waals surface area contributed by atoms with Crippen molar-refractivity contribution in [3.05, 3.63) is 33.9 Å². The summed E-state index contributed by atoms with van der Waals surface area (Å²) < 4.78 is 0. The van der Waals surface area contributed by atoms with Gasteiger partial charge in [0.1, 0.15) is 0 Å². The van der Waals surface area contributed by atoms with E-state index >= 15 is 0 Å². The first-order valence-corrected chi connectivity index (χ1v) is 5.34. The Morgan fingerprint density at radius 1 is 1.44 bits per heavy atom. The zero-order valence-electron chi connectivity index (χ0n) is 9.40. The molecule has 0 saturated carbocycles. The molecule has 0 aliphatic heterocycles. The van der Waals surface area contributed by atoms with E-state index in [1.807, 2.05) is 0 Å². The largest absolute Gasteiger partial charge is 0.385 e. The van der Waals surface area contributed by atoms with Gasteiger partial charge in [0.2, 0.25) is 0 Å². The second kappa shape index (κ2) is 6.07. The minimum absolute atomic E-state index is 0.160. The molecule has 0 heterocycles. The number of nitro groups is 1. The van der Waals surface area contributed by atoms with Crippen LogP contribution in [0.5, 0.6) is 0 Å². The van der Waals surface area contributed by atoms with Gasteiger partial charge in [-0.3, -0.25) is 10.1 Å². The molecule has 0 fully saturated rings. The summed E-state index contributed by atoms with van der Waals surface area (Å²) in [4.78, 5) is 10.2. The van der Waals surface area contributed by atoms with Gasteiger partial charge in [-0.05, 0) is 38.4 Å². The van der Waals surface area contributed by atoms with E-state index in [0.29, 0.717) is 12.1 Å². The summed E-state index contributed by atoms with van der Waals surface area (Å²) in [5, 5.41) is 13.8. The Hall–Kier alpha value is -1.62. The third kappa shape index (κ3) is 3.51. The number of hydrogen-bond acceptors (Lipinski definition) is 4. The van der Waals surface area contributed by atoms with E-state index in [0.717, 1.165) is 25.1 Å². The van der Waals surface area contributed by atoms with E-state index in [-0.39, 0.29) is 10.6 Å². The lowest BCUT2D eigenvalue weighted by atomic mass is 10.2. The normalized spacial score (nSPS) is 10.1.